The molecule has 1 N–H and O–H groups in total. The molecule has 0 amide bonds. The highest BCUT2D eigenvalue weighted by Crippen LogP contribution is 2.00. The van der Waals surface area contributed by atoms with Crippen molar-refractivity contribution in [2.45, 2.75) is 72.1 Å². The molecule has 0 aliphatic rings. The lowest BCUT2D eigenvalue weighted by Gasteiger charge is -1.90. The monoisotopic (exact) mass is 202 g/mol. The summed E-state index contributed by atoms with van der Waals surface area (Å²) >= 11 is 0. The van der Waals surface area contributed by atoms with Gasteiger partial charge in [0.25, 0.3) is 0 Å². The van der Waals surface area contributed by atoms with Crippen molar-refractivity contribution in [1.82, 2.24) is 0 Å². The molecule has 0 aromatic heterocycles. The molecular formula is C12H26O2. The maximum Gasteiger partial charge on any atom is 0.303 e. The summed E-state index contributed by atoms with van der Waals surface area (Å²) in [5, 5.41) is 8.04. The lowest BCUT2D eigenvalue weighted by molar-refractivity contribution is -0.137. The van der Waals surface area contributed by atoms with E-state index in [0.717, 1.165) is 12.8 Å². The molecule has 0 spiro atoms. The zero-order valence-electron chi connectivity index (χ0n) is 10.0. The first-order valence-electron chi connectivity index (χ1n) is 5.90. The van der Waals surface area contributed by atoms with Gasteiger partial charge in [0.1, 0.15) is 0 Å². The molecule has 2 heteroatoms. The van der Waals surface area contributed by atoms with Crippen LogP contribution in [0.4, 0.5) is 0 Å². The quantitative estimate of drug-likeness (QED) is 0.627. The smallest absolute Gasteiger partial charge is 0.303 e. The van der Waals surface area contributed by atoms with E-state index >= 15 is 0 Å². The van der Waals surface area contributed by atoms with E-state index in [1.165, 1.54) is 32.1 Å². The third-order valence-electron chi connectivity index (χ3n) is 1.95. The molecule has 0 unspecified atom stereocenters. The Morgan fingerprint density at radius 1 is 0.857 bits per heavy atom. The molecule has 86 valence electrons. The lowest BCUT2D eigenvalue weighted by atomic mass is 10.2. The van der Waals surface area contributed by atoms with Crippen molar-refractivity contribution in [3.05, 3.63) is 0 Å². The molecule has 0 aliphatic heterocycles. The first kappa shape index (κ1) is 15.9. The van der Waals surface area contributed by atoms with E-state index in [4.69, 9.17) is 5.11 Å². The second-order valence-corrected chi connectivity index (χ2v) is 3.56. The molecule has 14 heavy (non-hydrogen) atoms. The first-order valence-corrected chi connectivity index (χ1v) is 5.90. The highest BCUT2D eigenvalue weighted by atomic mass is 16.4. The second-order valence-electron chi connectivity index (χ2n) is 3.56. The van der Waals surface area contributed by atoms with E-state index in [1.54, 1.807) is 0 Å². The molecule has 2 nitrogen and oxygen atoms in total. The fraction of sp³-hybridized carbons (Fsp3) is 0.917. The average molecular weight is 202 g/mol. The van der Waals surface area contributed by atoms with Crippen molar-refractivity contribution in [3.63, 3.8) is 0 Å². The summed E-state index contributed by atoms with van der Waals surface area (Å²) in [5.74, 6) is -0.693. The van der Waals surface area contributed by atoms with Gasteiger partial charge in [0.15, 0.2) is 0 Å². The summed E-state index contributed by atoms with van der Waals surface area (Å²) in [4.78, 5) is 9.76. The number of carboxylic acid groups (broad SMARTS) is 1. The Balaban J connectivity index is 0. The maximum atomic E-state index is 9.76. The normalized spacial score (nSPS) is 9.07. The van der Waals surface area contributed by atoms with Crippen LogP contribution in [0, 0.1) is 0 Å². The van der Waals surface area contributed by atoms with Crippen LogP contribution in [0.1, 0.15) is 72.1 Å². The predicted molar refractivity (Wildman–Crippen MR) is 61.6 cm³/mol. The van der Waals surface area contributed by atoms with Crippen LogP contribution in [0.3, 0.4) is 0 Å². The molecule has 0 fully saturated rings. The summed E-state index contributed by atoms with van der Waals surface area (Å²) in [6.07, 6.45) is 9.09. The molecule has 0 aliphatic carbocycles. The first-order chi connectivity index (χ1) is 6.68. The minimum absolute atomic E-state index is 0.316. The average Bonchev–Trinajstić information content (AvgIpc) is 2.16. The second kappa shape index (κ2) is 15.0. The van der Waals surface area contributed by atoms with Crippen LogP contribution in [0.15, 0.2) is 0 Å². The molecule has 0 heterocycles. The maximum absolute atomic E-state index is 9.76. The summed E-state index contributed by atoms with van der Waals surface area (Å²) in [6.45, 7) is 6.47. The Kier molecular flexibility index (Phi) is 17.0. The summed E-state index contributed by atoms with van der Waals surface area (Å²) in [5.41, 5.74) is 0. The van der Waals surface area contributed by atoms with Crippen LogP contribution < -0.4 is 0 Å². The number of aliphatic carboxylic acids is 1. The SMILES string of the molecule is CCCCC(=O)O.CCCCCCC. The van der Waals surface area contributed by atoms with Crippen molar-refractivity contribution in [2.24, 2.45) is 0 Å². The summed E-state index contributed by atoms with van der Waals surface area (Å²) in [6, 6.07) is 0. The van der Waals surface area contributed by atoms with Gasteiger partial charge in [0.05, 0.1) is 0 Å². The van der Waals surface area contributed by atoms with Gasteiger partial charge in [-0.15, -0.1) is 0 Å². The lowest BCUT2D eigenvalue weighted by Crippen LogP contribution is -1.91. The molecule has 0 radical (unpaired) electrons. The zero-order chi connectivity index (χ0) is 11.2. The van der Waals surface area contributed by atoms with E-state index in [9.17, 15) is 4.79 Å². The Labute approximate surface area is 88.7 Å². The molecular weight excluding hydrogens is 176 g/mol. The van der Waals surface area contributed by atoms with Gasteiger partial charge in [-0.2, -0.15) is 0 Å². The van der Waals surface area contributed by atoms with E-state index in [0.29, 0.717) is 6.42 Å². The minimum Gasteiger partial charge on any atom is -0.481 e. The molecule has 0 rings (SSSR count). The Morgan fingerprint density at radius 2 is 1.29 bits per heavy atom. The van der Waals surface area contributed by atoms with Gasteiger partial charge < -0.3 is 5.11 Å². The standard InChI is InChI=1S/C7H16.C5H10O2/c1-3-5-7-6-4-2;1-2-3-4-5(6)7/h3-7H2,1-2H3;2-4H2,1H3,(H,6,7). The van der Waals surface area contributed by atoms with Gasteiger partial charge in [-0.05, 0) is 6.42 Å². The van der Waals surface area contributed by atoms with Gasteiger partial charge in [-0.1, -0.05) is 59.3 Å². The Bertz CT molecular complexity index is 107. The third-order valence-corrected chi connectivity index (χ3v) is 1.95. The largest absolute Gasteiger partial charge is 0.481 e. The van der Waals surface area contributed by atoms with E-state index in [-0.39, 0.29) is 0 Å². The molecule has 0 saturated heterocycles. The van der Waals surface area contributed by atoms with E-state index < -0.39 is 5.97 Å². The number of unbranched alkanes of at least 4 members (excludes halogenated alkanes) is 5. The summed E-state index contributed by atoms with van der Waals surface area (Å²) in [7, 11) is 0. The van der Waals surface area contributed by atoms with Crippen molar-refractivity contribution in [3.8, 4) is 0 Å². The van der Waals surface area contributed by atoms with Crippen LogP contribution in [0.25, 0.3) is 0 Å². The number of hydrogen-bond acceptors (Lipinski definition) is 1. The Morgan fingerprint density at radius 3 is 1.50 bits per heavy atom. The highest BCUT2D eigenvalue weighted by Gasteiger charge is 1.90. The number of carbonyl (C=O) groups is 1. The molecule has 0 bridgehead atoms. The summed E-state index contributed by atoms with van der Waals surface area (Å²) < 4.78 is 0. The van der Waals surface area contributed by atoms with Gasteiger partial charge in [0.2, 0.25) is 0 Å². The molecule has 0 saturated carbocycles. The van der Waals surface area contributed by atoms with Crippen LogP contribution in [0.5, 0.6) is 0 Å². The van der Waals surface area contributed by atoms with Gasteiger partial charge in [0, 0.05) is 6.42 Å². The van der Waals surface area contributed by atoms with Crippen LogP contribution in [0.2, 0.25) is 0 Å². The van der Waals surface area contributed by atoms with Crippen LogP contribution in [-0.2, 0) is 4.79 Å². The third kappa shape index (κ3) is 22.5. The van der Waals surface area contributed by atoms with Crippen LogP contribution in [-0.4, -0.2) is 11.1 Å². The van der Waals surface area contributed by atoms with Crippen molar-refractivity contribution in [2.75, 3.05) is 0 Å². The molecule has 0 atom stereocenters. The van der Waals surface area contributed by atoms with Crippen LogP contribution >= 0.6 is 0 Å². The topological polar surface area (TPSA) is 37.3 Å². The minimum atomic E-state index is -0.693. The predicted octanol–water partition coefficient (Wildman–Crippen LogP) is 4.24. The Hall–Kier alpha value is -0.530. The fourth-order valence-electron chi connectivity index (χ4n) is 1.00. The van der Waals surface area contributed by atoms with Crippen molar-refractivity contribution < 1.29 is 9.90 Å². The number of carboxylic acids is 1. The van der Waals surface area contributed by atoms with Gasteiger partial charge in [-0.3, -0.25) is 4.79 Å². The molecule has 0 aromatic carbocycles. The number of rotatable bonds is 7. The van der Waals surface area contributed by atoms with Crippen molar-refractivity contribution >= 4 is 5.97 Å². The highest BCUT2D eigenvalue weighted by molar-refractivity contribution is 5.66. The molecule has 0 aromatic rings. The zero-order valence-corrected chi connectivity index (χ0v) is 10.0. The van der Waals surface area contributed by atoms with E-state index in [2.05, 4.69) is 13.8 Å². The van der Waals surface area contributed by atoms with Crippen molar-refractivity contribution in [1.29, 1.82) is 0 Å². The fourth-order valence-corrected chi connectivity index (χ4v) is 1.00. The van der Waals surface area contributed by atoms with Gasteiger partial charge in [-0.25, -0.2) is 0 Å². The van der Waals surface area contributed by atoms with Gasteiger partial charge >= 0.3 is 5.97 Å². The number of hydrogen-bond donors (Lipinski definition) is 1. The van der Waals surface area contributed by atoms with E-state index in [1.807, 2.05) is 6.92 Å².